The van der Waals surface area contributed by atoms with Crippen LogP contribution >= 0.6 is 0 Å². The molecule has 3 rings (SSSR count). The summed E-state index contributed by atoms with van der Waals surface area (Å²) >= 11 is 0. The molecule has 2 aromatic carbocycles. The quantitative estimate of drug-likeness (QED) is 0.209. The van der Waals surface area contributed by atoms with Crippen molar-refractivity contribution in [3.8, 4) is 28.4 Å². The molecule has 0 saturated carbocycles. The first-order valence-electron chi connectivity index (χ1n) is 14.4. The maximum Gasteiger partial charge on any atom is 0.246 e. The highest BCUT2D eigenvalue weighted by atomic mass is 16.5. The summed E-state index contributed by atoms with van der Waals surface area (Å²) in [5, 5.41) is 0. The van der Waals surface area contributed by atoms with E-state index >= 15 is 0 Å². The fourth-order valence-electron chi connectivity index (χ4n) is 5.27. The van der Waals surface area contributed by atoms with Gasteiger partial charge in [0.2, 0.25) is 17.6 Å². The molecule has 2 unspecified atom stereocenters. The van der Waals surface area contributed by atoms with E-state index in [4.69, 9.17) is 14.2 Å². The number of likely N-dealkylation sites (N-methyl/N-ethyl adjacent to an activating group) is 1. The Morgan fingerprint density at radius 1 is 0.850 bits per heavy atom. The minimum absolute atomic E-state index is 0.0136. The number of carbonyl (C=O) groups is 2. The molecule has 7 nitrogen and oxygen atoms in total. The molecule has 7 heteroatoms. The zero-order valence-electron chi connectivity index (χ0n) is 25.2. The SMILES string of the molecule is CCCCC/C=C/CN1C(=O)C(Cc2ccc(-c3cc(OC)c(OC)c(OC)c3)cc2)N(C)C(=O)C1CC(C)C. The minimum Gasteiger partial charge on any atom is -0.493 e. The van der Waals surface area contributed by atoms with Gasteiger partial charge in [0.15, 0.2) is 11.5 Å². The summed E-state index contributed by atoms with van der Waals surface area (Å²) < 4.78 is 16.5. The normalized spacial score (nSPS) is 17.7. The van der Waals surface area contributed by atoms with Gasteiger partial charge in [-0.25, -0.2) is 0 Å². The average Bonchev–Trinajstić information content (AvgIpc) is 2.96. The van der Waals surface area contributed by atoms with Crippen molar-refractivity contribution in [3.05, 3.63) is 54.1 Å². The van der Waals surface area contributed by atoms with Gasteiger partial charge >= 0.3 is 0 Å². The number of carbonyl (C=O) groups excluding carboxylic acids is 2. The van der Waals surface area contributed by atoms with Crippen molar-refractivity contribution in [2.45, 2.75) is 71.4 Å². The van der Waals surface area contributed by atoms with E-state index in [0.29, 0.717) is 42.6 Å². The Balaban J connectivity index is 1.80. The van der Waals surface area contributed by atoms with E-state index in [0.717, 1.165) is 29.5 Å². The summed E-state index contributed by atoms with van der Waals surface area (Å²) in [4.78, 5) is 30.7. The number of piperazine rings is 1. The molecule has 0 bridgehead atoms. The first-order chi connectivity index (χ1) is 19.2. The predicted octanol–water partition coefficient (Wildman–Crippen LogP) is 6.14. The first kappa shape index (κ1) is 31.1. The predicted molar refractivity (Wildman–Crippen MR) is 160 cm³/mol. The molecular formula is C33H46N2O5. The van der Waals surface area contributed by atoms with E-state index in [2.05, 4.69) is 32.9 Å². The van der Waals surface area contributed by atoms with Gasteiger partial charge in [-0.05, 0) is 54.0 Å². The number of hydrogen-bond acceptors (Lipinski definition) is 5. The molecule has 40 heavy (non-hydrogen) atoms. The Morgan fingerprint density at radius 2 is 1.50 bits per heavy atom. The highest BCUT2D eigenvalue weighted by Gasteiger charge is 2.43. The molecule has 0 aliphatic carbocycles. The smallest absolute Gasteiger partial charge is 0.246 e. The van der Waals surface area contributed by atoms with Crippen molar-refractivity contribution in [1.29, 1.82) is 0 Å². The molecular weight excluding hydrogens is 504 g/mol. The molecule has 1 aliphatic rings. The fourth-order valence-corrected chi connectivity index (χ4v) is 5.27. The van der Waals surface area contributed by atoms with Crippen LogP contribution < -0.4 is 14.2 Å². The third-order valence-electron chi connectivity index (χ3n) is 7.56. The van der Waals surface area contributed by atoms with Crippen LogP contribution in [0.3, 0.4) is 0 Å². The molecule has 0 N–H and O–H groups in total. The number of hydrogen-bond donors (Lipinski definition) is 0. The lowest BCUT2D eigenvalue weighted by Gasteiger charge is -2.44. The van der Waals surface area contributed by atoms with Gasteiger partial charge in [-0.3, -0.25) is 9.59 Å². The van der Waals surface area contributed by atoms with E-state index in [9.17, 15) is 9.59 Å². The van der Waals surface area contributed by atoms with Gasteiger partial charge < -0.3 is 24.0 Å². The Kier molecular flexibility index (Phi) is 11.5. The lowest BCUT2D eigenvalue weighted by Crippen LogP contribution is -2.64. The van der Waals surface area contributed by atoms with Crippen LogP contribution in [0.1, 0.15) is 58.4 Å². The zero-order valence-corrected chi connectivity index (χ0v) is 25.2. The number of unbranched alkanes of at least 4 members (excludes halogenated alkanes) is 3. The molecule has 2 aromatic rings. The highest BCUT2D eigenvalue weighted by molar-refractivity contribution is 5.97. The summed E-state index contributed by atoms with van der Waals surface area (Å²) in [5.41, 5.74) is 2.90. The average molecular weight is 551 g/mol. The number of allylic oxidation sites excluding steroid dienone is 1. The van der Waals surface area contributed by atoms with E-state index in [1.165, 1.54) is 12.8 Å². The van der Waals surface area contributed by atoms with Crippen LogP contribution in [0.25, 0.3) is 11.1 Å². The lowest BCUT2D eigenvalue weighted by atomic mass is 9.93. The van der Waals surface area contributed by atoms with Crippen molar-refractivity contribution in [3.63, 3.8) is 0 Å². The zero-order chi connectivity index (χ0) is 29.2. The molecule has 1 fully saturated rings. The van der Waals surface area contributed by atoms with Crippen LogP contribution in [-0.2, 0) is 16.0 Å². The summed E-state index contributed by atoms with van der Waals surface area (Å²) in [5.74, 6) is 2.07. The molecule has 0 spiro atoms. The fraction of sp³-hybridized carbons (Fsp3) is 0.515. The van der Waals surface area contributed by atoms with Crippen molar-refractivity contribution in [1.82, 2.24) is 9.80 Å². The van der Waals surface area contributed by atoms with Crippen LogP contribution in [-0.4, -0.2) is 68.6 Å². The molecule has 1 heterocycles. The summed E-state index contributed by atoms with van der Waals surface area (Å²) in [6.45, 7) is 6.85. The van der Waals surface area contributed by atoms with Crippen molar-refractivity contribution < 1.29 is 23.8 Å². The first-order valence-corrected chi connectivity index (χ1v) is 14.4. The van der Waals surface area contributed by atoms with E-state index in [1.807, 2.05) is 36.4 Å². The van der Waals surface area contributed by atoms with Gasteiger partial charge in [0.1, 0.15) is 12.1 Å². The summed E-state index contributed by atoms with van der Waals surface area (Å²) in [6, 6.07) is 10.9. The van der Waals surface area contributed by atoms with E-state index in [1.54, 1.807) is 38.2 Å². The number of methoxy groups -OCH3 is 3. The second-order valence-electron chi connectivity index (χ2n) is 10.9. The van der Waals surface area contributed by atoms with Gasteiger partial charge in [-0.1, -0.05) is 70.0 Å². The maximum absolute atomic E-state index is 13.8. The van der Waals surface area contributed by atoms with Gasteiger partial charge in [0.25, 0.3) is 0 Å². The lowest BCUT2D eigenvalue weighted by molar-refractivity contribution is -0.160. The second kappa shape index (κ2) is 14.8. The van der Waals surface area contributed by atoms with Crippen LogP contribution in [0.4, 0.5) is 0 Å². The van der Waals surface area contributed by atoms with Crippen LogP contribution in [0, 0.1) is 5.92 Å². The Labute approximate surface area is 240 Å². The third-order valence-corrected chi connectivity index (χ3v) is 7.56. The maximum atomic E-state index is 13.8. The number of ether oxygens (including phenoxy) is 3. The van der Waals surface area contributed by atoms with Crippen LogP contribution in [0.15, 0.2) is 48.6 Å². The van der Waals surface area contributed by atoms with Crippen molar-refractivity contribution in [2.24, 2.45) is 5.92 Å². The number of nitrogens with zero attached hydrogens (tertiary/aromatic N) is 2. The van der Waals surface area contributed by atoms with Gasteiger partial charge in [-0.15, -0.1) is 0 Å². The van der Waals surface area contributed by atoms with Gasteiger partial charge in [0.05, 0.1) is 21.3 Å². The van der Waals surface area contributed by atoms with Gasteiger partial charge in [0, 0.05) is 20.0 Å². The second-order valence-corrected chi connectivity index (χ2v) is 10.9. The third kappa shape index (κ3) is 7.38. The standard InChI is InChI=1S/C33H46N2O5/c1-8-9-10-11-12-13-18-35-28(19-23(2)3)32(36)34(4)27(33(35)37)20-24-14-16-25(17-15-24)26-21-29(38-5)31(40-7)30(22-26)39-6/h12-17,21-23,27-28H,8-11,18-20H2,1-7H3/b13-12+. The molecule has 2 amide bonds. The van der Waals surface area contributed by atoms with E-state index in [-0.39, 0.29) is 11.8 Å². The number of rotatable bonds is 14. The molecule has 2 atom stereocenters. The summed E-state index contributed by atoms with van der Waals surface area (Å²) in [6.07, 6.45) is 9.86. The van der Waals surface area contributed by atoms with E-state index < -0.39 is 12.1 Å². The molecule has 0 radical (unpaired) electrons. The largest absolute Gasteiger partial charge is 0.493 e. The topological polar surface area (TPSA) is 68.3 Å². The Bertz CT molecular complexity index is 1130. The number of amides is 2. The molecule has 218 valence electrons. The molecule has 1 saturated heterocycles. The highest BCUT2D eigenvalue weighted by Crippen LogP contribution is 2.41. The summed E-state index contributed by atoms with van der Waals surface area (Å²) in [7, 11) is 6.54. The van der Waals surface area contributed by atoms with Crippen molar-refractivity contribution >= 4 is 11.8 Å². The number of benzene rings is 2. The molecule has 0 aromatic heterocycles. The minimum atomic E-state index is -0.531. The van der Waals surface area contributed by atoms with Gasteiger partial charge in [-0.2, -0.15) is 0 Å². The van der Waals surface area contributed by atoms with Crippen LogP contribution in [0.5, 0.6) is 17.2 Å². The monoisotopic (exact) mass is 550 g/mol. The van der Waals surface area contributed by atoms with Crippen molar-refractivity contribution in [2.75, 3.05) is 34.9 Å². The molecule has 1 aliphatic heterocycles. The Hall–Kier alpha value is -3.48. The Morgan fingerprint density at radius 3 is 2.05 bits per heavy atom. The van der Waals surface area contributed by atoms with Crippen LogP contribution in [0.2, 0.25) is 0 Å².